The molecule has 0 aliphatic rings. The van der Waals surface area contributed by atoms with Crippen molar-refractivity contribution < 1.29 is 0 Å². The highest BCUT2D eigenvalue weighted by Crippen LogP contribution is 2.27. The fraction of sp³-hybridized carbons (Fsp3) is 1.00. The minimum atomic E-state index is 0.842. The molecule has 0 radical (unpaired) electrons. The second kappa shape index (κ2) is 9.00. The van der Waals surface area contributed by atoms with Crippen LogP contribution in [0.4, 0.5) is 0 Å². The summed E-state index contributed by atoms with van der Waals surface area (Å²) in [6.07, 6.45) is 7.00. The van der Waals surface area contributed by atoms with E-state index in [-0.39, 0.29) is 0 Å². The smallest absolute Gasteiger partial charge is 0.0417 e. The maximum atomic E-state index is 2.44. The van der Waals surface area contributed by atoms with Gasteiger partial charge in [-0.05, 0) is 36.0 Å². The molecule has 0 saturated carbocycles. The van der Waals surface area contributed by atoms with Crippen molar-refractivity contribution >= 4 is 0 Å². The van der Waals surface area contributed by atoms with E-state index in [1.54, 1.807) is 0 Å². The van der Waals surface area contributed by atoms with Gasteiger partial charge in [-0.1, -0.05) is 74.1 Å². The lowest BCUT2D eigenvalue weighted by Gasteiger charge is -2.24. The van der Waals surface area contributed by atoms with E-state index in [1.807, 2.05) is 0 Å². The van der Waals surface area contributed by atoms with E-state index in [0.29, 0.717) is 0 Å². The van der Waals surface area contributed by atoms with Gasteiger partial charge in [0.25, 0.3) is 0 Å². The van der Waals surface area contributed by atoms with E-state index in [2.05, 4.69) is 48.5 Å². The monoisotopic (exact) mass is 240 g/mol. The maximum Gasteiger partial charge on any atom is -0.0417 e. The van der Waals surface area contributed by atoms with Gasteiger partial charge in [-0.25, -0.2) is 0 Å². The van der Waals surface area contributed by atoms with Crippen molar-refractivity contribution in [3.63, 3.8) is 0 Å². The Morgan fingerprint density at radius 3 is 1.65 bits per heavy atom. The Morgan fingerprint density at radius 1 is 0.647 bits per heavy atom. The molecule has 0 nitrogen and oxygen atoms in total. The van der Waals surface area contributed by atoms with Crippen molar-refractivity contribution in [2.75, 3.05) is 0 Å². The molecule has 0 heterocycles. The molecular formula is C17H36. The maximum absolute atomic E-state index is 2.44. The first-order valence-corrected chi connectivity index (χ1v) is 7.88. The number of rotatable bonds is 9. The van der Waals surface area contributed by atoms with Gasteiger partial charge in [-0.2, -0.15) is 0 Å². The van der Waals surface area contributed by atoms with E-state index < -0.39 is 0 Å². The molecule has 0 saturated heterocycles. The predicted molar refractivity (Wildman–Crippen MR) is 80.3 cm³/mol. The third-order valence-electron chi connectivity index (χ3n) is 4.74. The van der Waals surface area contributed by atoms with Gasteiger partial charge >= 0.3 is 0 Å². The van der Waals surface area contributed by atoms with Crippen LogP contribution >= 0.6 is 0 Å². The van der Waals surface area contributed by atoms with Crippen LogP contribution in [0.2, 0.25) is 0 Å². The van der Waals surface area contributed by atoms with Crippen molar-refractivity contribution in [1.82, 2.24) is 0 Å². The Bertz CT molecular complexity index is 171. The van der Waals surface area contributed by atoms with Crippen LogP contribution in [0.15, 0.2) is 0 Å². The van der Waals surface area contributed by atoms with E-state index >= 15 is 0 Å². The summed E-state index contributed by atoms with van der Waals surface area (Å²) in [7, 11) is 0. The zero-order chi connectivity index (χ0) is 13.4. The lowest BCUT2D eigenvalue weighted by atomic mass is 9.82. The van der Waals surface area contributed by atoms with Crippen LogP contribution in [0.5, 0.6) is 0 Å². The Kier molecular flexibility index (Phi) is 9.00. The molecule has 104 valence electrons. The highest BCUT2D eigenvalue weighted by molar-refractivity contribution is 4.67. The quantitative estimate of drug-likeness (QED) is 0.453. The Balaban J connectivity index is 3.79. The van der Waals surface area contributed by atoms with Crippen LogP contribution in [0.1, 0.15) is 80.6 Å². The molecule has 0 aliphatic carbocycles. The summed E-state index contributed by atoms with van der Waals surface area (Å²) in [5.74, 6) is 4.45. The molecule has 0 bridgehead atoms. The lowest BCUT2D eigenvalue weighted by molar-refractivity contribution is 0.277. The van der Waals surface area contributed by atoms with Crippen LogP contribution in [-0.2, 0) is 0 Å². The van der Waals surface area contributed by atoms with Crippen molar-refractivity contribution in [1.29, 1.82) is 0 Å². The first kappa shape index (κ1) is 17.0. The highest BCUT2D eigenvalue weighted by Gasteiger charge is 2.15. The van der Waals surface area contributed by atoms with Gasteiger partial charge in [0.05, 0.1) is 0 Å². The van der Waals surface area contributed by atoms with Crippen LogP contribution in [0, 0.1) is 29.6 Å². The second-order valence-corrected chi connectivity index (χ2v) is 6.88. The van der Waals surface area contributed by atoms with E-state index in [1.165, 1.54) is 32.1 Å². The van der Waals surface area contributed by atoms with Crippen molar-refractivity contribution in [2.24, 2.45) is 29.6 Å². The Labute approximate surface area is 111 Å². The zero-order valence-corrected chi connectivity index (χ0v) is 13.4. The third-order valence-corrected chi connectivity index (χ3v) is 4.74. The molecule has 0 N–H and O–H groups in total. The molecule has 0 heteroatoms. The van der Waals surface area contributed by atoms with E-state index in [4.69, 9.17) is 0 Å². The van der Waals surface area contributed by atoms with Gasteiger partial charge in [0.1, 0.15) is 0 Å². The highest BCUT2D eigenvalue weighted by atomic mass is 14.2. The average molecular weight is 240 g/mol. The molecule has 0 aromatic heterocycles. The third kappa shape index (κ3) is 7.84. The molecule has 4 atom stereocenters. The molecule has 0 aromatic rings. The molecule has 4 unspecified atom stereocenters. The molecule has 0 aromatic carbocycles. The predicted octanol–water partition coefficient (Wildman–Crippen LogP) is 6.16. The van der Waals surface area contributed by atoms with Gasteiger partial charge < -0.3 is 0 Å². The van der Waals surface area contributed by atoms with Gasteiger partial charge in [0, 0.05) is 0 Å². The van der Waals surface area contributed by atoms with Crippen LogP contribution in [-0.4, -0.2) is 0 Å². The first-order chi connectivity index (χ1) is 7.88. The Morgan fingerprint density at radius 2 is 1.18 bits per heavy atom. The second-order valence-electron chi connectivity index (χ2n) is 6.88. The van der Waals surface area contributed by atoms with E-state index in [9.17, 15) is 0 Å². The lowest BCUT2D eigenvalue weighted by Crippen LogP contribution is -2.12. The first-order valence-electron chi connectivity index (χ1n) is 7.88. The summed E-state index contributed by atoms with van der Waals surface area (Å²) in [6, 6.07) is 0. The number of hydrogen-bond acceptors (Lipinski definition) is 0. The van der Waals surface area contributed by atoms with Crippen molar-refractivity contribution in [3.8, 4) is 0 Å². The van der Waals surface area contributed by atoms with Gasteiger partial charge in [0.2, 0.25) is 0 Å². The fourth-order valence-corrected chi connectivity index (χ4v) is 2.60. The topological polar surface area (TPSA) is 0 Å². The van der Waals surface area contributed by atoms with Gasteiger partial charge in [-0.15, -0.1) is 0 Å². The zero-order valence-electron chi connectivity index (χ0n) is 13.4. The largest absolute Gasteiger partial charge is 0.0654 e. The molecular weight excluding hydrogens is 204 g/mol. The molecule has 0 amide bonds. The fourth-order valence-electron chi connectivity index (χ4n) is 2.60. The standard InChI is InChI=1S/C17H36/c1-8-9-15(5)16(6)11-10-14(4)12-17(7)13(2)3/h13-17H,8-12H2,1-7H3. The SMILES string of the molecule is CCCC(C)C(C)CCC(C)CC(C)C(C)C. The van der Waals surface area contributed by atoms with Crippen LogP contribution in [0.3, 0.4) is 0 Å². The average Bonchev–Trinajstić information content (AvgIpc) is 2.25. The molecule has 17 heavy (non-hydrogen) atoms. The Hall–Kier alpha value is 0. The van der Waals surface area contributed by atoms with Crippen molar-refractivity contribution in [3.05, 3.63) is 0 Å². The molecule has 0 fully saturated rings. The normalized spacial score (nSPS) is 19.1. The van der Waals surface area contributed by atoms with Gasteiger partial charge in [-0.3, -0.25) is 0 Å². The summed E-state index contributed by atoms with van der Waals surface area (Å²) >= 11 is 0. The van der Waals surface area contributed by atoms with Gasteiger partial charge in [0.15, 0.2) is 0 Å². The number of hydrogen-bond donors (Lipinski definition) is 0. The molecule has 0 aliphatic heterocycles. The summed E-state index contributed by atoms with van der Waals surface area (Å²) in [5.41, 5.74) is 0. The van der Waals surface area contributed by atoms with Crippen LogP contribution in [0.25, 0.3) is 0 Å². The summed E-state index contributed by atoms with van der Waals surface area (Å²) in [4.78, 5) is 0. The van der Waals surface area contributed by atoms with Crippen LogP contribution < -0.4 is 0 Å². The summed E-state index contributed by atoms with van der Waals surface area (Å²) < 4.78 is 0. The molecule has 0 rings (SSSR count). The minimum Gasteiger partial charge on any atom is -0.0654 e. The van der Waals surface area contributed by atoms with Crippen molar-refractivity contribution in [2.45, 2.75) is 80.6 Å². The molecule has 0 spiro atoms. The summed E-state index contributed by atoms with van der Waals surface area (Å²) in [5, 5.41) is 0. The minimum absolute atomic E-state index is 0.842. The van der Waals surface area contributed by atoms with E-state index in [0.717, 1.165) is 29.6 Å². The summed E-state index contributed by atoms with van der Waals surface area (Å²) in [6.45, 7) is 16.7.